The van der Waals surface area contributed by atoms with Crippen LogP contribution in [-0.4, -0.2) is 0 Å². The largest absolute Gasteiger partial charge is 0.472 e. The van der Waals surface area contributed by atoms with E-state index in [0.29, 0.717) is 0 Å². The second kappa shape index (κ2) is 5.85. The number of hydrogen-bond acceptors (Lipinski definition) is 2. The predicted molar refractivity (Wildman–Crippen MR) is 79.4 cm³/mol. The summed E-state index contributed by atoms with van der Waals surface area (Å²) < 4.78 is 10.8. The van der Waals surface area contributed by atoms with Gasteiger partial charge in [0.15, 0.2) is 0 Å². The summed E-state index contributed by atoms with van der Waals surface area (Å²) in [6.07, 6.45) is 3.28. The van der Waals surface area contributed by atoms with Crippen molar-refractivity contribution in [3.63, 3.8) is 0 Å². The standard InChI is InChI=1S/C17H13ClO2/c18-17(14-10-11-19-12-14)13-6-8-16(9-7-13)20-15-4-2-1-3-5-15/h1-12,17H. The fraction of sp³-hybridized carbons (Fsp3) is 0.0588. The zero-order chi connectivity index (χ0) is 13.8. The Labute approximate surface area is 122 Å². The molecule has 2 aromatic carbocycles. The van der Waals surface area contributed by atoms with Crippen LogP contribution in [0.2, 0.25) is 0 Å². The van der Waals surface area contributed by atoms with E-state index in [-0.39, 0.29) is 5.38 Å². The lowest BCUT2D eigenvalue weighted by atomic mass is 10.1. The Morgan fingerprint density at radius 1 is 0.800 bits per heavy atom. The maximum Gasteiger partial charge on any atom is 0.127 e. The molecule has 2 nitrogen and oxygen atoms in total. The Kier molecular flexibility index (Phi) is 3.75. The molecule has 0 bridgehead atoms. The molecule has 1 atom stereocenters. The van der Waals surface area contributed by atoms with Crippen LogP contribution in [0.5, 0.6) is 11.5 Å². The van der Waals surface area contributed by atoms with Crippen LogP contribution in [0.4, 0.5) is 0 Å². The van der Waals surface area contributed by atoms with Crippen molar-refractivity contribution in [2.75, 3.05) is 0 Å². The second-order valence-corrected chi connectivity index (χ2v) is 4.84. The van der Waals surface area contributed by atoms with Crippen molar-refractivity contribution in [2.45, 2.75) is 5.38 Å². The molecule has 0 aliphatic rings. The van der Waals surface area contributed by atoms with Gasteiger partial charge >= 0.3 is 0 Å². The van der Waals surface area contributed by atoms with Crippen LogP contribution in [0.1, 0.15) is 16.5 Å². The summed E-state index contributed by atoms with van der Waals surface area (Å²) >= 11 is 6.38. The smallest absolute Gasteiger partial charge is 0.127 e. The van der Waals surface area contributed by atoms with E-state index in [1.807, 2.05) is 60.7 Å². The summed E-state index contributed by atoms with van der Waals surface area (Å²) in [7, 11) is 0. The lowest BCUT2D eigenvalue weighted by Crippen LogP contribution is -1.91. The van der Waals surface area contributed by atoms with Gasteiger partial charge in [-0.05, 0) is 35.9 Å². The van der Waals surface area contributed by atoms with Gasteiger partial charge < -0.3 is 9.15 Å². The second-order valence-electron chi connectivity index (χ2n) is 4.40. The summed E-state index contributed by atoms with van der Waals surface area (Å²) in [4.78, 5) is 0. The minimum absolute atomic E-state index is 0.209. The highest BCUT2D eigenvalue weighted by Gasteiger charge is 2.11. The van der Waals surface area contributed by atoms with Crippen LogP contribution in [-0.2, 0) is 0 Å². The summed E-state index contributed by atoms with van der Waals surface area (Å²) in [6, 6.07) is 19.3. The van der Waals surface area contributed by atoms with Crippen molar-refractivity contribution >= 4 is 11.6 Å². The van der Waals surface area contributed by atoms with Gasteiger partial charge in [-0.2, -0.15) is 0 Å². The van der Waals surface area contributed by atoms with Crippen LogP contribution in [0, 0.1) is 0 Å². The van der Waals surface area contributed by atoms with Crippen LogP contribution in [0.15, 0.2) is 77.6 Å². The molecular formula is C17H13ClO2. The number of hydrogen-bond donors (Lipinski definition) is 0. The van der Waals surface area contributed by atoms with E-state index in [4.69, 9.17) is 20.8 Å². The molecular weight excluding hydrogens is 272 g/mol. The first-order valence-electron chi connectivity index (χ1n) is 6.32. The van der Waals surface area contributed by atoms with Gasteiger partial charge in [0.05, 0.1) is 17.9 Å². The quantitative estimate of drug-likeness (QED) is 0.599. The molecule has 0 radical (unpaired) electrons. The zero-order valence-corrected chi connectivity index (χ0v) is 11.5. The number of benzene rings is 2. The van der Waals surface area contributed by atoms with Crippen LogP contribution < -0.4 is 4.74 Å². The van der Waals surface area contributed by atoms with E-state index >= 15 is 0 Å². The number of halogens is 1. The highest BCUT2D eigenvalue weighted by Crippen LogP contribution is 2.31. The average Bonchev–Trinajstić information content (AvgIpc) is 3.03. The Balaban J connectivity index is 1.75. The van der Waals surface area contributed by atoms with Crippen LogP contribution >= 0.6 is 11.6 Å². The van der Waals surface area contributed by atoms with Gasteiger partial charge in [-0.3, -0.25) is 0 Å². The van der Waals surface area contributed by atoms with E-state index in [0.717, 1.165) is 22.6 Å². The molecule has 1 heterocycles. The number of para-hydroxylation sites is 1. The molecule has 0 amide bonds. The summed E-state index contributed by atoms with van der Waals surface area (Å²) in [5.74, 6) is 1.61. The summed E-state index contributed by atoms with van der Waals surface area (Å²) in [6.45, 7) is 0. The summed E-state index contributed by atoms with van der Waals surface area (Å²) in [5.41, 5.74) is 1.96. The number of alkyl halides is 1. The Morgan fingerprint density at radius 3 is 2.15 bits per heavy atom. The van der Waals surface area contributed by atoms with E-state index in [1.54, 1.807) is 12.5 Å². The molecule has 1 aromatic heterocycles. The van der Waals surface area contributed by atoms with Gasteiger partial charge in [-0.1, -0.05) is 30.3 Å². The first-order chi connectivity index (χ1) is 9.83. The molecule has 20 heavy (non-hydrogen) atoms. The monoisotopic (exact) mass is 284 g/mol. The zero-order valence-electron chi connectivity index (χ0n) is 10.7. The number of ether oxygens (including phenoxy) is 1. The summed E-state index contributed by atoms with van der Waals surface area (Å²) in [5, 5.41) is -0.209. The number of furan rings is 1. The molecule has 3 rings (SSSR count). The maximum atomic E-state index is 6.38. The maximum absolute atomic E-state index is 6.38. The molecule has 0 fully saturated rings. The Hall–Kier alpha value is -2.19. The fourth-order valence-electron chi connectivity index (χ4n) is 1.94. The molecule has 0 N–H and O–H groups in total. The molecule has 0 spiro atoms. The third-order valence-corrected chi connectivity index (χ3v) is 3.49. The highest BCUT2D eigenvalue weighted by molar-refractivity contribution is 6.22. The normalized spacial score (nSPS) is 12.1. The first-order valence-corrected chi connectivity index (χ1v) is 6.75. The third-order valence-electron chi connectivity index (χ3n) is 2.99. The molecule has 100 valence electrons. The molecule has 0 aliphatic heterocycles. The molecule has 0 aliphatic carbocycles. The van der Waals surface area contributed by atoms with E-state index < -0.39 is 0 Å². The lowest BCUT2D eigenvalue weighted by Gasteiger charge is -2.09. The van der Waals surface area contributed by atoms with Crippen molar-refractivity contribution in [1.82, 2.24) is 0 Å². The van der Waals surface area contributed by atoms with Crippen molar-refractivity contribution < 1.29 is 9.15 Å². The van der Waals surface area contributed by atoms with Gasteiger partial charge in [0.1, 0.15) is 11.5 Å². The van der Waals surface area contributed by atoms with Crippen LogP contribution in [0.3, 0.4) is 0 Å². The van der Waals surface area contributed by atoms with Gasteiger partial charge in [0, 0.05) is 5.56 Å². The molecule has 1 unspecified atom stereocenters. The van der Waals surface area contributed by atoms with E-state index in [2.05, 4.69) is 0 Å². The Bertz CT molecular complexity index is 645. The van der Waals surface area contributed by atoms with E-state index in [1.165, 1.54) is 0 Å². The minimum Gasteiger partial charge on any atom is -0.472 e. The molecule has 0 saturated carbocycles. The molecule has 3 aromatic rings. The average molecular weight is 285 g/mol. The van der Waals surface area contributed by atoms with Gasteiger partial charge in [0.2, 0.25) is 0 Å². The Morgan fingerprint density at radius 2 is 1.50 bits per heavy atom. The van der Waals surface area contributed by atoms with Gasteiger partial charge in [-0.25, -0.2) is 0 Å². The lowest BCUT2D eigenvalue weighted by molar-refractivity contribution is 0.482. The minimum atomic E-state index is -0.209. The highest BCUT2D eigenvalue weighted by atomic mass is 35.5. The van der Waals surface area contributed by atoms with Gasteiger partial charge in [-0.15, -0.1) is 11.6 Å². The molecule has 0 saturated heterocycles. The van der Waals surface area contributed by atoms with Crippen molar-refractivity contribution in [3.05, 3.63) is 84.3 Å². The van der Waals surface area contributed by atoms with E-state index in [9.17, 15) is 0 Å². The fourth-order valence-corrected chi connectivity index (χ4v) is 2.21. The first kappa shape index (κ1) is 12.8. The number of rotatable bonds is 4. The van der Waals surface area contributed by atoms with Crippen molar-refractivity contribution in [1.29, 1.82) is 0 Å². The predicted octanol–water partition coefficient (Wildman–Crippen LogP) is 5.40. The SMILES string of the molecule is ClC(c1ccc(Oc2ccccc2)cc1)c1ccoc1. The third kappa shape index (κ3) is 2.86. The van der Waals surface area contributed by atoms with Gasteiger partial charge in [0.25, 0.3) is 0 Å². The molecule has 3 heteroatoms. The van der Waals surface area contributed by atoms with Crippen molar-refractivity contribution in [3.8, 4) is 11.5 Å². The van der Waals surface area contributed by atoms with Crippen molar-refractivity contribution in [2.24, 2.45) is 0 Å². The topological polar surface area (TPSA) is 22.4 Å². The van der Waals surface area contributed by atoms with Crippen LogP contribution in [0.25, 0.3) is 0 Å².